The summed E-state index contributed by atoms with van der Waals surface area (Å²) in [4.78, 5) is 24.0. The van der Waals surface area contributed by atoms with E-state index in [0.717, 1.165) is 48.4 Å². The van der Waals surface area contributed by atoms with Crippen molar-refractivity contribution in [2.45, 2.75) is 32.4 Å². The van der Waals surface area contributed by atoms with Gasteiger partial charge in [0.05, 0.1) is 11.7 Å². The largest absolute Gasteiger partial charge is 0.370 e. The minimum atomic E-state index is -0.295. The maximum absolute atomic E-state index is 12.4. The molecule has 0 spiro atoms. The molecule has 1 fully saturated rings. The zero-order valence-electron chi connectivity index (χ0n) is 18.0. The molecule has 4 rings (SSSR count). The van der Waals surface area contributed by atoms with Crippen molar-refractivity contribution in [1.82, 2.24) is 30.5 Å². The van der Waals surface area contributed by atoms with Gasteiger partial charge in [-0.3, -0.25) is 9.56 Å². The molecule has 3 aromatic rings. The summed E-state index contributed by atoms with van der Waals surface area (Å²) in [5, 5.41) is 10.8. The number of nitrogens with one attached hydrogen (secondary N) is 4. The molecule has 0 aliphatic carbocycles. The average molecular weight is 423 g/mol. The molecule has 1 saturated heterocycles. The fourth-order valence-corrected chi connectivity index (χ4v) is 3.60. The number of aliphatic imine (C=N–C) groups is 1. The van der Waals surface area contributed by atoms with Gasteiger partial charge < -0.3 is 26.7 Å². The van der Waals surface area contributed by atoms with E-state index in [0.29, 0.717) is 24.2 Å². The highest BCUT2D eigenvalue weighted by Gasteiger charge is 2.16. The minimum Gasteiger partial charge on any atom is -0.370 e. The van der Waals surface area contributed by atoms with Gasteiger partial charge in [-0.25, -0.2) is 4.79 Å². The number of aryl methyl sites for hydroxylation is 1. The number of H-pyrrole nitrogens is 1. The van der Waals surface area contributed by atoms with Crippen molar-refractivity contribution in [3.63, 3.8) is 0 Å². The van der Waals surface area contributed by atoms with Crippen molar-refractivity contribution < 1.29 is 0 Å². The van der Waals surface area contributed by atoms with Crippen LogP contribution in [-0.2, 0) is 0 Å². The minimum absolute atomic E-state index is 0.194. The molecule has 1 unspecified atom stereocenters. The molecule has 31 heavy (non-hydrogen) atoms. The molecular weight excluding hydrogens is 392 g/mol. The Hall–Kier alpha value is -3.17. The Balaban J connectivity index is 1.30. The summed E-state index contributed by atoms with van der Waals surface area (Å²) in [6.45, 7) is 7.50. The Morgan fingerprint density at radius 1 is 1.35 bits per heavy atom. The summed E-state index contributed by atoms with van der Waals surface area (Å²) in [6.07, 6.45) is 2.73. The first-order chi connectivity index (χ1) is 15.0. The van der Waals surface area contributed by atoms with Crippen LogP contribution in [0.3, 0.4) is 0 Å². The third-order valence-electron chi connectivity index (χ3n) is 5.52. The monoisotopic (exact) mass is 422 g/mol. The lowest BCUT2D eigenvalue weighted by Crippen LogP contribution is -2.58. The van der Waals surface area contributed by atoms with E-state index in [4.69, 9.17) is 5.73 Å². The number of aromatic amines is 1. The number of aromatic nitrogens is 3. The van der Waals surface area contributed by atoms with Crippen molar-refractivity contribution in [1.29, 1.82) is 0 Å². The van der Waals surface area contributed by atoms with Crippen molar-refractivity contribution in [3.8, 4) is 5.69 Å². The molecule has 0 bridgehead atoms. The highest BCUT2D eigenvalue weighted by atomic mass is 16.1. The lowest BCUT2D eigenvalue weighted by Gasteiger charge is -2.28. The van der Waals surface area contributed by atoms with E-state index < -0.39 is 0 Å². The van der Waals surface area contributed by atoms with E-state index in [1.165, 1.54) is 0 Å². The maximum Gasteiger partial charge on any atom is 0.354 e. The van der Waals surface area contributed by atoms with Crippen LogP contribution in [-0.4, -0.2) is 52.7 Å². The van der Waals surface area contributed by atoms with Gasteiger partial charge in [0.2, 0.25) is 0 Å². The van der Waals surface area contributed by atoms with Crippen LogP contribution < -0.4 is 27.4 Å². The third-order valence-corrected chi connectivity index (χ3v) is 5.52. The van der Waals surface area contributed by atoms with Crippen LogP contribution in [0.15, 0.2) is 46.3 Å². The molecule has 9 heteroatoms. The lowest BCUT2D eigenvalue weighted by molar-refractivity contribution is 0.410. The first kappa shape index (κ1) is 21.1. The molecule has 2 aromatic heterocycles. The van der Waals surface area contributed by atoms with E-state index in [1.54, 1.807) is 4.57 Å². The molecule has 3 heterocycles. The van der Waals surface area contributed by atoms with Crippen LogP contribution in [0, 0.1) is 6.92 Å². The van der Waals surface area contributed by atoms with E-state index in [9.17, 15) is 4.79 Å². The highest BCUT2D eigenvalue weighted by molar-refractivity contribution is 5.78. The van der Waals surface area contributed by atoms with Crippen molar-refractivity contribution in [2.24, 2.45) is 10.7 Å². The highest BCUT2D eigenvalue weighted by Crippen LogP contribution is 2.17. The fourth-order valence-electron chi connectivity index (χ4n) is 3.60. The summed E-state index contributed by atoms with van der Waals surface area (Å²) in [5.41, 5.74) is 9.15. The summed E-state index contributed by atoms with van der Waals surface area (Å²) >= 11 is 0. The molecule has 9 nitrogen and oxygen atoms in total. The SMILES string of the molecule is Cc1cc2cn(-c3ccc(C(C)NCCCN=C(N)NC4CNC4)cc3)c(=O)nc2[nH]1. The van der Waals surface area contributed by atoms with Crippen LogP contribution >= 0.6 is 0 Å². The molecule has 164 valence electrons. The van der Waals surface area contributed by atoms with Crippen LogP contribution in [0.5, 0.6) is 0 Å². The Labute approximate surface area is 181 Å². The summed E-state index contributed by atoms with van der Waals surface area (Å²) in [7, 11) is 0. The summed E-state index contributed by atoms with van der Waals surface area (Å²) in [6, 6.07) is 10.6. The maximum atomic E-state index is 12.4. The molecule has 1 atom stereocenters. The van der Waals surface area contributed by atoms with Gasteiger partial charge in [-0.15, -0.1) is 0 Å². The van der Waals surface area contributed by atoms with Gasteiger partial charge in [0.15, 0.2) is 5.96 Å². The second-order valence-corrected chi connectivity index (χ2v) is 8.04. The molecule has 0 saturated carbocycles. The molecule has 6 N–H and O–H groups in total. The predicted octanol–water partition coefficient (Wildman–Crippen LogP) is 0.939. The number of guanidine groups is 1. The number of nitrogens with zero attached hydrogens (tertiary/aromatic N) is 3. The molecule has 1 aliphatic rings. The standard InChI is InChI=1S/C22H30N8O/c1-14-10-17-13-30(22(31)29-20(17)27-14)19-6-4-16(5-7-19)15(2)25-8-3-9-26-21(23)28-18-11-24-12-18/h4-7,10,13,15,18,24-25H,3,8-9,11-12H2,1-2H3,(H3,23,26,28)(H,27,29,31). The quantitative estimate of drug-likeness (QED) is 0.209. The van der Waals surface area contributed by atoms with Gasteiger partial charge in [0.25, 0.3) is 0 Å². The first-order valence-electron chi connectivity index (χ1n) is 10.7. The third kappa shape index (κ3) is 5.12. The normalized spacial score (nSPS) is 15.7. The van der Waals surface area contributed by atoms with E-state index in [1.807, 2.05) is 43.5 Å². The van der Waals surface area contributed by atoms with Gasteiger partial charge in [0, 0.05) is 43.0 Å². The van der Waals surface area contributed by atoms with Crippen LogP contribution in [0.4, 0.5) is 0 Å². The Bertz CT molecular complexity index is 1110. The van der Waals surface area contributed by atoms with Gasteiger partial charge >= 0.3 is 5.69 Å². The second kappa shape index (κ2) is 9.32. The van der Waals surface area contributed by atoms with Crippen molar-refractivity contribution in [3.05, 3.63) is 58.3 Å². The number of hydrogen-bond acceptors (Lipinski definition) is 5. The predicted molar refractivity (Wildman–Crippen MR) is 124 cm³/mol. The van der Waals surface area contributed by atoms with E-state index in [-0.39, 0.29) is 11.7 Å². The van der Waals surface area contributed by atoms with Crippen LogP contribution in [0.1, 0.15) is 30.6 Å². The number of fused-ring (bicyclic) bond motifs is 1. The molecule has 1 aromatic carbocycles. The van der Waals surface area contributed by atoms with E-state index in [2.05, 4.69) is 37.8 Å². The van der Waals surface area contributed by atoms with Gasteiger partial charge in [-0.2, -0.15) is 4.98 Å². The first-order valence-corrected chi connectivity index (χ1v) is 10.7. The number of benzene rings is 1. The fraction of sp³-hybridized carbons (Fsp3) is 0.409. The van der Waals surface area contributed by atoms with E-state index >= 15 is 0 Å². The van der Waals surface area contributed by atoms with Crippen molar-refractivity contribution >= 4 is 17.0 Å². The summed E-state index contributed by atoms with van der Waals surface area (Å²) in [5.74, 6) is 0.521. The zero-order valence-corrected chi connectivity index (χ0v) is 18.0. The van der Waals surface area contributed by atoms with Crippen LogP contribution in [0.2, 0.25) is 0 Å². The topological polar surface area (TPSA) is 125 Å². The molecule has 1 aliphatic heterocycles. The number of nitrogens with two attached hydrogens (primary N) is 1. The second-order valence-electron chi connectivity index (χ2n) is 8.04. The smallest absolute Gasteiger partial charge is 0.354 e. The number of hydrogen-bond donors (Lipinski definition) is 5. The van der Waals surface area contributed by atoms with Gasteiger partial charge in [-0.1, -0.05) is 12.1 Å². The Kier molecular flexibility index (Phi) is 6.34. The van der Waals surface area contributed by atoms with Crippen molar-refractivity contribution in [2.75, 3.05) is 26.2 Å². The molecule has 0 amide bonds. The molecular formula is C22H30N8O. The molecule has 0 radical (unpaired) electrons. The van der Waals surface area contributed by atoms with Gasteiger partial charge in [-0.05, 0) is 50.6 Å². The Morgan fingerprint density at radius 3 is 2.84 bits per heavy atom. The summed E-state index contributed by atoms with van der Waals surface area (Å²) < 4.78 is 1.58. The Morgan fingerprint density at radius 2 is 2.13 bits per heavy atom. The van der Waals surface area contributed by atoms with Gasteiger partial charge in [0.1, 0.15) is 5.65 Å². The number of rotatable bonds is 8. The van der Waals surface area contributed by atoms with Crippen LogP contribution in [0.25, 0.3) is 16.7 Å². The lowest BCUT2D eigenvalue weighted by atomic mass is 10.1. The zero-order chi connectivity index (χ0) is 21.8. The average Bonchev–Trinajstić information content (AvgIpc) is 3.08.